The molecule has 1 N–H and O–H groups in total. The maximum Gasteiger partial charge on any atom is 0.0767 e. The molecule has 102 valence electrons. The Morgan fingerprint density at radius 2 is 2.00 bits per heavy atom. The summed E-state index contributed by atoms with van der Waals surface area (Å²) in [6.45, 7) is 5.11. The standard InChI is InChI=1S/C15H20BrN3/c1-4-13-15(16)14(19(3)18-13)10-17-11(2)12-8-6-5-7-9-12/h5-9,11,17H,4,10H2,1-3H3/t11-/m1/s1. The van der Waals surface area contributed by atoms with Crippen molar-refractivity contribution in [3.63, 3.8) is 0 Å². The van der Waals surface area contributed by atoms with E-state index in [1.807, 2.05) is 17.8 Å². The van der Waals surface area contributed by atoms with Gasteiger partial charge < -0.3 is 5.32 Å². The molecule has 0 fully saturated rings. The number of aryl methyl sites for hydroxylation is 2. The Morgan fingerprint density at radius 3 is 2.58 bits per heavy atom. The number of nitrogens with zero attached hydrogens (tertiary/aromatic N) is 2. The van der Waals surface area contributed by atoms with Gasteiger partial charge in [-0.15, -0.1) is 0 Å². The van der Waals surface area contributed by atoms with Gasteiger partial charge in [0.1, 0.15) is 0 Å². The molecule has 0 bridgehead atoms. The van der Waals surface area contributed by atoms with Crippen LogP contribution >= 0.6 is 15.9 Å². The fourth-order valence-electron chi connectivity index (χ4n) is 2.12. The Kier molecular flexibility index (Phi) is 4.77. The zero-order valence-electron chi connectivity index (χ0n) is 11.7. The van der Waals surface area contributed by atoms with Crippen LogP contribution in [0.5, 0.6) is 0 Å². The quantitative estimate of drug-likeness (QED) is 0.911. The van der Waals surface area contributed by atoms with Gasteiger partial charge in [0.25, 0.3) is 0 Å². The first kappa shape index (κ1) is 14.3. The van der Waals surface area contributed by atoms with Crippen molar-refractivity contribution in [3.8, 4) is 0 Å². The molecule has 3 nitrogen and oxygen atoms in total. The average molecular weight is 322 g/mol. The minimum atomic E-state index is 0.327. The molecular weight excluding hydrogens is 302 g/mol. The lowest BCUT2D eigenvalue weighted by Gasteiger charge is -2.14. The lowest BCUT2D eigenvalue weighted by atomic mass is 10.1. The number of nitrogens with one attached hydrogen (secondary N) is 1. The van der Waals surface area contributed by atoms with Crippen LogP contribution in [0.1, 0.15) is 36.8 Å². The Labute approximate surface area is 123 Å². The Balaban J connectivity index is 2.05. The first-order valence-corrected chi connectivity index (χ1v) is 7.41. The average Bonchev–Trinajstić information content (AvgIpc) is 2.72. The highest BCUT2D eigenvalue weighted by atomic mass is 79.9. The SMILES string of the molecule is CCc1nn(C)c(CN[C@H](C)c2ccccc2)c1Br. The summed E-state index contributed by atoms with van der Waals surface area (Å²) in [6, 6.07) is 10.8. The van der Waals surface area contributed by atoms with Crippen molar-refractivity contribution in [1.82, 2.24) is 15.1 Å². The molecule has 19 heavy (non-hydrogen) atoms. The predicted molar refractivity (Wildman–Crippen MR) is 82.0 cm³/mol. The van der Waals surface area contributed by atoms with Gasteiger partial charge in [0.15, 0.2) is 0 Å². The molecule has 0 aliphatic rings. The maximum atomic E-state index is 4.51. The number of hydrogen-bond acceptors (Lipinski definition) is 2. The number of halogens is 1. The molecule has 1 aromatic carbocycles. The summed E-state index contributed by atoms with van der Waals surface area (Å²) in [5.74, 6) is 0. The maximum absolute atomic E-state index is 4.51. The van der Waals surface area contributed by atoms with Gasteiger partial charge in [-0.1, -0.05) is 37.3 Å². The second kappa shape index (κ2) is 6.35. The monoisotopic (exact) mass is 321 g/mol. The van der Waals surface area contributed by atoms with Crippen LogP contribution in [0.4, 0.5) is 0 Å². The minimum Gasteiger partial charge on any atom is -0.305 e. The molecule has 0 amide bonds. The van der Waals surface area contributed by atoms with E-state index >= 15 is 0 Å². The van der Waals surface area contributed by atoms with E-state index in [4.69, 9.17) is 0 Å². The zero-order valence-corrected chi connectivity index (χ0v) is 13.2. The summed E-state index contributed by atoms with van der Waals surface area (Å²) >= 11 is 3.65. The highest BCUT2D eigenvalue weighted by molar-refractivity contribution is 9.10. The highest BCUT2D eigenvalue weighted by Crippen LogP contribution is 2.22. The first-order chi connectivity index (χ1) is 9.13. The van der Waals surface area contributed by atoms with Gasteiger partial charge in [-0.25, -0.2) is 0 Å². The van der Waals surface area contributed by atoms with Gasteiger partial charge >= 0.3 is 0 Å². The molecule has 2 rings (SSSR count). The molecule has 0 aliphatic carbocycles. The molecule has 1 atom stereocenters. The highest BCUT2D eigenvalue weighted by Gasteiger charge is 2.13. The van der Waals surface area contributed by atoms with Crippen LogP contribution in [0, 0.1) is 0 Å². The molecule has 0 saturated heterocycles. The fraction of sp³-hybridized carbons (Fsp3) is 0.400. The number of aromatic nitrogens is 2. The third kappa shape index (κ3) is 3.25. The number of hydrogen-bond donors (Lipinski definition) is 1. The summed E-state index contributed by atoms with van der Waals surface area (Å²) in [6.07, 6.45) is 0.947. The molecule has 4 heteroatoms. The first-order valence-electron chi connectivity index (χ1n) is 6.62. The van der Waals surface area contributed by atoms with Crippen molar-refractivity contribution in [3.05, 3.63) is 51.8 Å². The van der Waals surface area contributed by atoms with Gasteiger partial charge in [-0.3, -0.25) is 4.68 Å². The summed E-state index contributed by atoms with van der Waals surface area (Å²) in [4.78, 5) is 0. The van der Waals surface area contributed by atoms with Crippen LogP contribution in [0.15, 0.2) is 34.8 Å². The summed E-state index contributed by atoms with van der Waals surface area (Å²) < 4.78 is 3.08. The minimum absolute atomic E-state index is 0.327. The number of rotatable bonds is 5. The van der Waals surface area contributed by atoms with Gasteiger partial charge in [0.05, 0.1) is 15.9 Å². The summed E-state index contributed by atoms with van der Waals surface area (Å²) in [5, 5.41) is 8.05. The lowest BCUT2D eigenvalue weighted by molar-refractivity contribution is 0.547. The topological polar surface area (TPSA) is 29.9 Å². The van der Waals surface area contributed by atoms with Crippen LogP contribution in [0.3, 0.4) is 0 Å². The third-order valence-electron chi connectivity index (χ3n) is 3.38. The molecule has 0 aliphatic heterocycles. The third-order valence-corrected chi connectivity index (χ3v) is 4.29. The summed E-state index contributed by atoms with van der Waals surface area (Å²) in [7, 11) is 1.99. The molecule has 0 saturated carbocycles. The van der Waals surface area contributed by atoms with Gasteiger partial charge in [-0.05, 0) is 34.8 Å². The van der Waals surface area contributed by atoms with Crippen LogP contribution in [-0.4, -0.2) is 9.78 Å². The number of benzene rings is 1. The van der Waals surface area contributed by atoms with Crippen molar-refractivity contribution >= 4 is 15.9 Å². The van der Waals surface area contributed by atoms with E-state index in [0.717, 1.165) is 23.1 Å². The van der Waals surface area contributed by atoms with Crippen molar-refractivity contribution < 1.29 is 0 Å². The lowest BCUT2D eigenvalue weighted by Crippen LogP contribution is -2.20. The van der Waals surface area contributed by atoms with E-state index in [9.17, 15) is 0 Å². The van der Waals surface area contributed by atoms with E-state index in [2.05, 4.69) is 64.5 Å². The fourth-order valence-corrected chi connectivity index (χ4v) is 2.88. The van der Waals surface area contributed by atoms with Gasteiger partial charge in [0.2, 0.25) is 0 Å². The van der Waals surface area contributed by atoms with Crippen molar-refractivity contribution in [1.29, 1.82) is 0 Å². The van der Waals surface area contributed by atoms with E-state index in [0.29, 0.717) is 6.04 Å². The van der Waals surface area contributed by atoms with Crippen LogP contribution in [0.2, 0.25) is 0 Å². The molecule has 0 radical (unpaired) electrons. The zero-order chi connectivity index (χ0) is 13.8. The van der Waals surface area contributed by atoms with E-state index in [1.165, 1.54) is 11.3 Å². The van der Waals surface area contributed by atoms with Gasteiger partial charge in [-0.2, -0.15) is 5.10 Å². The van der Waals surface area contributed by atoms with Gasteiger partial charge in [0, 0.05) is 19.6 Å². The largest absolute Gasteiger partial charge is 0.305 e. The van der Waals surface area contributed by atoms with E-state index < -0.39 is 0 Å². The van der Waals surface area contributed by atoms with Crippen LogP contribution in [-0.2, 0) is 20.0 Å². The van der Waals surface area contributed by atoms with Crippen LogP contribution < -0.4 is 5.32 Å². The second-order valence-electron chi connectivity index (χ2n) is 4.70. The van der Waals surface area contributed by atoms with Crippen molar-refractivity contribution in [2.24, 2.45) is 7.05 Å². The molecular formula is C15H20BrN3. The van der Waals surface area contributed by atoms with Crippen molar-refractivity contribution in [2.45, 2.75) is 32.9 Å². The molecule has 1 aromatic heterocycles. The normalized spacial score (nSPS) is 12.6. The predicted octanol–water partition coefficient (Wildman–Crippen LogP) is 3.60. The van der Waals surface area contributed by atoms with Crippen molar-refractivity contribution in [2.75, 3.05) is 0 Å². The summed E-state index contributed by atoms with van der Waals surface area (Å²) in [5.41, 5.74) is 3.61. The molecule has 0 unspecified atom stereocenters. The molecule has 0 spiro atoms. The second-order valence-corrected chi connectivity index (χ2v) is 5.49. The molecule has 1 heterocycles. The smallest absolute Gasteiger partial charge is 0.0767 e. The Hall–Kier alpha value is -1.13. The molecule has 2 aromatic rings. The Morgan fingerprint density at radius 1 is 1.32 bits per heavy atom. The Bertz CT molecular complexity index is 534. The van der Waals surface area contributed by atoms with E-state index in [-0.39, 0.29) is 0 Å². The van der Waals surface area contributed by atoms with E-state index in [1.54, 1.807) is 0 Å². The van der Waals surface area contributed by atoms with Crippen LogP contribution in [0.25, 0.3) is 0 Å².